The van der Waals surface area contributed by atoms with Crippen LogP contribution >= 0.6 is 0 Å². The first-order chi connectivity index (χ1) is 15.9. The number of fused-ring (bicyclic) bond motifs is 3. The Labute approximate surface area is 204 Å². The van der Waals surface area contributed by atoms with E-state index in [1.54, 1.807) is 6.07 Å². The minimum atomic E-state index is -0.512. The summed E-state index contributed by atoms with van der Waals surface area (Å²) in [7, 11) is 0. The first-order valence-electron chi connectivity index (χ1n) is 12.7. The van der Waals surface area contributed by atoms with E-state index < -0.39 is 11.2 Å². The minimum Gasteiger partial charge on any atom is -0.504 e. The number of hydrogen-bond acceptors (Lipinski definition) is 5. The van der Waals surface area contributed by atoms with E-state index in [-0.39, 0.29) is 29.3 Å². The second-order valence-corrected chi connectivity index (χ2v) is 12.0. The SMILES string of the molecule is CC(C)=CCC[C@@]1(C)Oc2c(O)cccc2[C@H]2OC[C@@]3(CCCN(C(=O)OC(C)(C)C)C3)C[C@@H]21. The molecule has 3 aliphatic heterocycles. The summed E-state index contributed by atoms with van der Waals surface area (Å²) in [6.07, 6.45) is 6.49. The number of benzene rings is 1. The number of rotatable bonds is 3. The molecule has 4 atom stereocenters. The van der Waals surface area contributed by atoms with Crippen molar-refractivity contribution in [1.82, 2.24) is 4.90 Å². The van der Waals surface area contributed by atoms with E-state index in [9.17, 15) is 9.90 Å². The van der Waals surface area contributed by atoms with Gasteiger partial charge in [0.1, 0.15) is 11.2 Å². The van der Waals surface area contributed by atoms with Gasteiger partial charge in [0.15, 0.2) is 11.5 Å². The lowest BCUT2D eigenvalue weighted by Crippen LogP contribution is -2.57. The van der Waals surface area contributed by atoms with Gasteiger partial charge in [-0.05, 0) is 79.7 Å². The van der Waals surface area contributed by atoms with Crippen molar-refractivity contribution in [3.05, 3.63) is 35.4 Å². The van der Waals surface area contributed by atoms with Gasteiger partial charge in [0, 0.05) is 30.0 Å². The number of phenolic OH excluding ortho intramolecular Hbond substituents is 1. The Morgan fingerprint density at radius 2 is 2.09 bits per heavy atom. The van der Waals surface area contributed by atoms with E-state index in [0.29, 0.717) is 18.9 Å². The molecule has 34 heavy (non-hydrogen) atoms. The van der Waals surface area contributed by atoms with Crippen molar-refractivity contribution >= 4 is 6.09 Å². The van der Waals surface area contributed by atoms with Crippen molar-refractivity contribution in [1.29, 1.82) is 0 Å². The fourth-order valence-electron chi connectivity index (χ4n) is 5.90. The molecule has 6 heteroatoms. The molecule has 0 radical (unpaired) electrons. The Bertz CT molecular complexity index is 947. The molecule has 6 nitrogen and oxygen atoms in total. The maximum atomic E-state index is 12.9. The van der Waals surface area contributed by atoms with Crippen LogP contribution in [0.3, 0.4) is 0 Å². The predicted octanol–water partition coefficient (Wildman–Crippen LogP) is 6.38. The second kappa shape index (κ2) is 9.10. The number of carbonyl (C=O) groups is 1. The standard InChI is InChI=1S/C28H41NO5/c1-19(2)10-8-13-27(6)21-16-28(14-9-15-29(17-28)25(31)34-26(3,4)5)18-32-23(21)20-11-7-12-22(30)24(20)33-27/h7,10-12,21,23,30H,8-9,13-18H2,1-6H3/t21-,23+,27+,28-/m0/s1. The van der Waals surface area contributed by atoms with Gasteiger partial charge in [-0.25, -0.2) is 4.79 Å². The molecular formula is C28H41NO5. The molecule has 1 N–H and O–H groups in total. The van der Waals surface area contributed by atoms with Gasteiger partial charge in [0.05, 0.1) is 12.7 Å². The van der Waals surface area contributed by atoms with Crippen molar-refractivity contribution in [3.63, 3.8) is 0 Å². The van der Waals surface area contributed by atoms with Gasteiger partial charge in [-0.3, -0.25) is 0 Å². The van der Waals surface area contributed by atoms with Gasteiger partial charge in [-0.15, -0.1) is 0 Å². The Balaban J connectivity index is 1.61. The first kappa shape index (κ1) is 24.9. The fourth-order valence-corrected chi connectivity index (χ4v) is 5.90. The van der Waals surface area contributed by atoms with Crippen LogP contribution in [0.25, 0.3) is 0 Å². The summed E-state index contributed by atoms with van der Waals surface area (Å²) < 4.78 is 18.9. The zero-order valence-corrected chi connectivity index (χ0v) is 21.6. The highest BCUT2D eigenvalue weighted by Crippen LogP contribution is 2.57. The molecule has 0 saturated carbocycles. The van der Waals surface area contributed by atoms with Crippen molar-refractivity contribution in [3.8, 4) is 11.5 Å². The number of nitrogens with zero attached hydrogens (tertiary/aromatic N) is 1. The lowest BCUT2D eigenvalue weighted by Gasteiger charge is -2.55. The van der Waals surface area contributed by atoms with Crippen molar-refractivity contribution in [2.45, 2.75) is 91.0 Å². The summed E-state index contributed by atoms with van der Waals surface area (Å²) in [6, 6.07) is 5.55. The van der Waals surface area contributed by atoms with Crippen LogP contribution in [0.2, 0.25) is 0 Å². The Morgan fingerprint density at radius 1 is 1.32 bits per heavy atom. The number of hydrogen-bond donors (Lipinski definition) is 1. The lowest BCUT2D eigenvalue weighted by molar-refractivity contribution is -0.181. The van der Waals surface area contributed by atoms with Crippen LogP contribution in [-0.2, 0) is 9.47 Å². The monoisotopic (exact) mass is 471 g/mol. The average molecular weight is 472 g/mol. The lowest BCUT2D eigenvalue weighted by atomic mass is 9.64. The van der Waals surface area contributed by atoms with Gasteiger partial charge in [-0.2, -0.15) is 0 Å². The molecule has 1 amide bonds. The Morgan fingerprint density at radius 3 is 2.79 bits per heavy atom. The third-order valence-corrected chi connectivity index (χ3v) is 7.54. The third kappa shape index (κ3) is 5.07. The molecule has 2 fully saturated rings. The number of para-hydroxylation sites is 1. The molecule has 1 aromatic carbocycles. The summed E-state index contributed by atoms with van der Waals surface area (Å²) in [5, 5.41) is 10.6. The summed E-state index contributed by atoms with van der Waals surface area (Å²) >= 11 is 0. The highest BCUT2D eigenvalue weighted by atomic mass is 16.6. The third-order valence-electron chi connectivity index (χ3n) is 7.54. The molecule has 2 saturated heterocycles. The van der Waals surface area contributed by atoms with Crippen LogP contribution in [0.15, 0.2) is 29.8 Å². The molecule has 0 unspecified atom stereocenters. The normalized spacial score (nSPS) is 30.7. The maximum absolute atomic E-state index is 12.9. The van der Waals surface area contributed by atoms with E-state index in [0.717, 1.165) is 44.2 Å². The van der Waals surface area contributed by atoms with Crippen molar-refractivity contribution in [2.75, 3.05) is 19.7 Å². The molecule has 1 spiro atoms. The number of piperidine rings is 1. The number of aromatic hydroxyl groups is 1. The van der Waals surface area contributed by atoms with Crippen LogP contribution in [0, 0.1) is 11.3 Å². The van der Waals surface area contributed by atoms with E-state index in [1.807, 2.05) is 37.8 Å². The minimum absolute atomic E-state index is 0.119. The van der Waals surface area contributed by atoms with Crippen LogP contribution in [-0.4, -0.2) is 47.0 Å². The van der Waals surface area contributed by atoms with Crippen molar-refractivity contribution < 1.29 is 24.1 Å². The van der Waals surface area contributed by atoms with Crippen molar-refractivity contribution in [2.24, 2.45) is 11.3 Å². The number of allylic oxidation sites excluding steroid dienone is 2. The van der Waals surface area contributed by atoms with E-state index in [2.05, 4.69) is 26.8 Å². The van der Waals surface area contributed by atoms with E-state index >= 15 is 0 Å². The number of carbonyl (C=O) groups excluding carboxylic acids is 1. The van der Waals surface area contributed by atoms with Gasteiger partial charge in [0.2, 0.25) is 0 Å². The molecule has 0 bridgehead atoms. The summed E-state index contributed by atoms with van der Waals surface area (Å²) in [6.45, 7) is 14.1. The van der Waals surface area contributed by atoms with E-state index in [4.69, 9.17) is 14.2 Å². The maximum Gasteiger partial charge on any atom is 0.410 e. The van der Waals surface area contributed by atoms with Crippen LogP contribution < -0.4 is 4.74 Å². The molecule has 3 aliphatic rings. The van der Waals surface area contributed by atoms with Crippen LogP contribution in [0.5, 0.6) is 11.5 Å². The zero-order chi connectivity index (χ0) is 24.7. The number of phenols is 1. The summed E-state index contributed by atoms with van der Waals surface area (Å²) in [5.74, 6) is 0.847. The molecule has 3 heterocycles. The topological polar surface area (TPSA) is 68.2 Å². The molecule has 4 rings (SSSR count). The molecule has 188 valence electrons. The van der Waals surface area contributed by atoms with Gasteiger partial charge in [0.25, 0.3) is 0 Å². The smallest absolute Gasteiger partial charge is 0.410 e. The highest BCUT2D eigenvalue weighted by Gasteiger charge is 2.55. The van der Waals surface area contributed by atoms with Crippen LogP contribution in [0.4, 0.5) is 4.79 Å². The number of ether oxygens (including phenoxy) is 3. The Hall–Kier alpha value is -2.21. The molecule has 0 aromatic heterocycles. The summed E-state index contributed by atoms with van der Waals surface area (Å²) in [5.41, 5.74) is 1.10. The largest absolute Gasteiger partial charge is 0.504 e. The van der Waals surface area contributed by atoms with Gasteiger partial charge in [-0.1, -0.05) is 23.8 Å². The molecule has 1 aromatic rings. The molecular weight excluding hydrogens is 430 g/mol. The second-order valence-electron chi connectivity index (χ2n) is 12.0. The highest BCUT2D eigenvalue weighted by molar-refractivity contribution is 5.68. The summed E-state index contributed by atoms with van der Waals surface area (Å²) in [4.78, 5) is 14.7. The zero-order valence-electron chi connectivity index (χ0n) is 21.6. The van der Waals surface area contributed by atoms with Gasteiger partial charge >= 0.3 is 6.09 Å². The quantitative estimate of drug-likeness (QED) is 0.518. The average Bonchev–Trinajstić information content (AvgIpc) is 2.74. The number of amides is 1. The van der Waals surface area contributed by atoms with Gasteiger partial charge < -0.3 is 24.2 Å². The van der Waals surface area contributed by atoms with E-state index in [1.165, 1.54) is 5.57 Å². The Kier molecular flexibility index (Phi) is 6.67. The first-order valence-corrected chi connectivity index (χ1v) is 12.7. The predicted molar refractivity (Wildman–Crippen MR) is 132 cm³/mol. The fraction of sp³-hybridized carbons (Fsp3) is 0.679. The van der Waals surface area contributed by atoms with Crippen LogP contribution in [0.1, 0.15) is 85.3 Å². The molecule has 0 aliphatic carbocycles. The number of likely N-dealkylation sites (tertiary alicyclic amines) is 1.